The number of amides is 1. The molecule has 0 atom stereocenters. The fraction of sp³-hybridized carbons (Fsp3) is 0.0833. The molecule has 0 bridgehead atoms. The van der Waals surface area contributed by atoms with Crippen molar-refractivity contribution in [1.29, 1.82) is 0 Å². The van der Waals surface area contributed by atoms with Gasteiger partial charge >= 0.3 is 10.1 Å². The SMILES string of the molecule is Cn1cc(-c2ccc(S(=O)(=O)n3ccc(/C=C(/OS(C)(=O)=O)C(=O)Nc4ccccc4N)c3)cc2)cn1. The molecule has 0 aliphatic carbocycles. The lowest BCUT2D eigenvalue weighted by Gasteiger charge is -2.10. The van der Waals surface area contributed by atoms with E-state index in [9.17, 15) is 21.6 Å². The Balaban J connectivity index is 1.61. The highest BCUT2D eigenvalue weighted by Gasteiger charge is 2.20. The van der Waals surface area contributed by atoms with E-state index in [1.54, 1.807) is 48.3 Å². The topological polar surface area (TPSA) is 155 Å². The molecule has 3 N–H and O–H groups in total. The summed E-state index contributed by atoms with van der Waals surface area (Å²) < 4.78 is 57.3. The van der Waals surface area contributed by atoms with Crippen LogP contribution < -0.4 is 11.1 Å². The fourth-order valence-electron chi connectivity index (χ4n) is 3.38. The summed E-state index contributed by atoms with van der Waals surface area (Å²) in [7, 11) is -6.25. The van der Waals surface area contributed by atoms with Gasteiger partial charge in [0.2, 0.25) is 5.76 Å². The Bertz CT molecular complexity index is 1700. The maximum absolute atomic E-state index is 13.1. The van der Waals surface area contributed by atoms with Gasteiger partial charge in [0.15, 0.2) is 0 Å². The normalized spacial score (nSPS) is 12.3. The van der Waals surface area contributed by atoms with E-state index < -0.39 is 31.8 Å². The van der Waals surface area contributed by atoms with Crippen LogP contribution >= 0.6 is 0 Å². The third-order valence-corrected chi connectivity index (χ3v) is 7.26. The van der Waals surface area contributed by atoms with Crippen LogP contribution in [0.5, 0.6) is 0 Å². The molecule has 0 saturated carbocycles. The fourth-order valence-corrected chi connectivity index (χ4v) is 5.03. The van der Waals surface area contributed by atoms with Crippen LogP contribution in [0.15, 0.2) is 90.0 Å². The van der Waals surface area contributed by atoms with Crippen LogP contribution in [0.25, 0.3) is 17.2 Å². The summed E-state index contributed by atoms with van der Waals surface area (Å²) in [6.45, 7) is 0. The molecular formula is C24H23N5O6S2. The van der Waals surface area contributed by atoms with Crippen molar-refractivity contribution < 1.29 is 25.8 Å². The number of para-hydroxylation sites is 2. The number of benzene rings is 2. The molecule has 4 aromatic rings. The molecule has 37 heavy (non-hydrogen) atoms. The van der Waals surface area contributed by atoms with Crippen molar-refractivity contribution in [1.82, 2.24) is 13.8 Å². The van der Waals surface area contributed by atoms with Crippen LogP contribution in [0.2, 0.25) is 0 Å². The summed E-state index contributed by atoms with van der Waals surface area (Å²) in [6.07, 6.45) is 7.91. The van der Waals surface area contributed by atoms with Gasteiger partial charge in [0, 0.05) is 31.2 Å². The number of carbonyl (C=O) groups excluding carboxylic acids is 1. The molecule has 2 aromatic carbocycles. The molecule has 4 rings (SSSR count). The van der Waals surface area contributed by atoms with Gasteiger partial charge in [-0.25, -0.2) is 12.4 Å². The number of nitrogens with two attached hydrogens (primary N) is 1. The Morgan fingerprint density at radius 3 is 2.32 bits per heavy atom. The first kappa shape index (κ1) is 25.7. The van der Waals surface area contributed by atoms with Crippen LogP contribution in [-0.4, -0.2) is 42.8 Å². The molecule has 0 spiro atoms. The van der Waals surface area contributed by atoms with Crippen LogP contribution in [0.4, 0.5) is 11.4 Å². The largest absolute Gasteiger partial charge is 0.397 e. The van der Waals surface area contributed by atoms with E-state index in [1.807, 2.05) is 6.20 Å². The van der Waals surface area contributed by atoms with Crippen molar-refractivity contribution in [3.63, 3.8) is 0 Å². The number of hydrogen-bond donors (Lipinski definition) is 2. The number of aromatic nitrogens is 3. The minimum atomic E-state index is -4.07. The second kappa shape index (κ2) is 9.95. The highest BCUT2D eigenvalue weighted by molar-refractivity contribution is 7.90. The van der Waals surface area contributed by atoms with Gasteiger partial charge in [-0.05, 0) is 47.5 Å². The van der Waals surface area contributed by atoms with E-state index in [2.05, 4.69) is 10.4 Å². The Morgan fingerprint density at radius 1 is 1.00 bits per heavy atom. The smallest absolute Gasteiger partial charge is 0.306 e. The first-order valence-corrected chi connectivity index (χ1v) is 14.0. The standard InChI is InChI=1S/C24H23N5O6S2/c1-28-16-19(14-26-28)18-7-9-20(10-8-18)37(33,34)29-12-11-17(15-29)13-23(35-36(2,31)32)24(30)27-22-6-4-3-5-21(22)25/h3-16H,25H2,1-2H3,(H,27,30)/b23-13+. The molecule has 192 valence electrons. The van der Waals surface area contributed by atoms with Gasteiger partial charge in [0.05, 0.1) is 28.7 Å². The summed E-state index contributed by atoms with van der Waals surface area (Å²) in [5.41, 5.74) is 8.21. The number of nitrogens with one attached hydrogen (secondary N) is 1. The maximum atomic E-state index is 13.1. The zero-order valence-corrected chi connectivity index (χ0v) is 21.4. The Morgan fingerprint density at radius 2 is 1.70 bits per heavy atom. The quantitative estimate of drug-likeness (QED) is 0.149. The number of hydrogen-bond acceptors (Lipinski definition) is 8. The monoisotopic (exact) mass is 541 g/mol. The third kappa shape index (κ3) is 6.08. The van der Waals surface area contributed by atoms with E-state index in [0.717, 1.165) is 27.4 Å². The zero-order chi connectivity index (χ0) is 26.8. The molecular weight excluding hydrogens is 518 g/mol. The summed E-state index contributed by atoms with van der Waals surface area (Å²) in [4.78, 5) is 12.8. The Hall–Kier alpha value is -4.36. The van der Waals surface area contributed by atoms with Gasteiger partial charge in [-0.3, -0.25) is 9.48 Å². The minimum Gasteiger partial charge on any atom is -0.397 e. The number of nitrogens with zero attached hydrogens (tertiary/aromatic N) is 3. The van der Waals surface area contributed by atoms with Gasteiger partial charge in [-0.2, -0.15) is 13.5 Å². The lowest BCUT2D eigenvalue weighted by Crippen LogP contribution is -2.19. The van der Waals surface area contributed by atoms with E-state index in [1.165, 1.54) is 36.7 Å². The van der Waals surface area contributed by atoms with Crippen LogP contribution in [0.3, 0.4) is 0 Å². The van der Waals surface area contributed by atoms with Crippen molar-refractivity contribution in [2.24, 2.45) is 7.05 Å². The first-order valence-electron chi connectivity index (χ1n) is 10.7. The summed E-state index contributed by atoms with van der Waals surface area (Å²) in [6, 6.07) is 14.1. The second-order valence-corrected chi connectivity index (χ2v) is 11.5. The lowest BCUT2D eigenvalue weighted by molar-refractivity contribution is -0.114. The van der Waals surface area contributed by atoms with E-state index in [4.69, 9.17) is 9.92 Å². The van der Waals surface area contributed by atoms with Crippen LogP contribution in [0, 0.1) is 0 Å². The molecule has 0 aliphatic rings. The molecule has 11 nitrogen and oxygen atoms in total. The molecule has 0 aliphatic heterocycles. The van der Waals surface area contributed by atoms with Crippen LogP contribution in [-0.2, 0) is 36.2 Å². The number of rotatable bonds is 8. The Labute approximate surface area is 214 Å². The number of aryl methyl sites for hydroxylation is 1. The average Bonchev–Trinajstić information content (AvgIpc) is 3.49. The van der Waals surface area contributed by atoms with Crippen molar-refractivity contribution in [2.75, 3.05) is 17.3 Å². The molecule has 0 radical (unpaired) electrons. The van der Waals surface area contributed by atoms with Crippen LogP contribution in [0.1, 0.15) is 5.56 Å². The molecule has 0 unspecified atom stereocenters. The average molecular weight is 542 g/mol. The molecule has 0 saturated heterocycles. The second-order valence-electron chi connectivity index (χ2n) is 8.04. The number of nitrogen functional groups attached to an aromatic ring is 1. The Kier molecular flexibility index (Phi) is 6.92. The van der Waals surface area contributed by atoms with E-state index in [0.29, 0.717) is 0 Å². The number of anilines is 2. The highest BCUT2D eigenvalue weighted by atomic mass is 32.2. The van der Waals surface area contributed by atoms with E-state index >= 15 is 0 Å². The minimum absolute atomic E-state index is 0.0381. The first-order chi connectivity index (χ1) is 17.4. The molecule has 0 fully saturated rings. The predicted octanol–water partition coefficient (Wildman–Crippen LogP) is 2.66. The summed E-state index contributed by atoms with van der Waals surface area (Å²) in [5.74, 6) is -1.45. The van der Waals surface area contributed by atoms with Crippen molar-refractivity contribution in [2.45, 2.75) is 4.90 Å². The van der Waals surface area contributed by atoms with Crippen molar-refractivity contribution >= 4 is 43.5 Å². The molecule has 2 aromatic heterocycles. The molecule has 1 amide bonds. The van der Waals surface area contributed by atoms with Gasteiger partial charge in [0.1, 0.15) is 0 Å². The summed E-state index contributed by atoms with van der Waals surface area (Å²) >= 11 is 0. The van der Waals surface area contributed by atoms with E-state index in [-0.39, 0.29) is 21.8 Å². The van der Waals surface area contributed by atoms with Gasteiger partial charge in [0.25, 0.3) is 15.9 Å². The summed E-state index contributed by atoms with van der Waals surface area (Å²) in [5, 5.41) is 6.59. The van der Waals surface area contributed by atoms with Gasteiger partial charge in [-0.1, -0.05) is 24.3 Å². The van der Waals surface area contributed by atoms with Crippen molar-refractivity contribution in [3.8, 4) is 11.1 Å². The molecule has 13 heteroatoms. The molecule has 2 heterocycles. The number of carbonyl (C=O) groups is 1. The lowest BCUT2D eigenvalue weighted by atomic mass is 10.1. The predicted molar refractivity (Wildman–Crippen MR) is 139 cm³/mol. The third-order valence-electron chi connectivity index (χ3n) is 5.13. The van der Waals surface area contributed by atoms with Crippen molar-refractivity contribution in [3.05, 3.63) is 90.7 Å². The van der Waals surface area contributed by atoms with Gasteiger partial charge in [-0.15, -0.1) is 0 Å². The highest BCUT2D eigenvalue weighted by Crippen LogP contribution is 2.23. The zero-order valence-electron chi connectivity index (χ0n) is 19.8. The maximum Gasteiger partial charge on any atom is 0.306 e. The van der Waals surface area contributed by atoms with Gasteiger partial charge < -0.3 is 15.2 Å².